The number of rotatable bonds is 1. The van der Waals surface area contributed by atoms with Crippen LogP contribution < -0.4 is 5.73 Å². The Balaban J connectivity index is 2.58. The van der Waals surface area contributed by atoms with E-state index in [1.807, 2.05) is 24.3 Å². The molecule has 0 fully saturated rings. The fourth-order valence-corrected chi connectivity index (χ4v) is 1.50. The summed E-state index contributed by atoms with van der Waals surface area (Å²) < 4.78 is 1.69. The van der Waals surface area contributed by atoms with Gasteiger partial charge in [0.2, 0.25) is 0 Å². The Bertz CT molecular complexity index is 495. The maximum atomic E-state index is 5.91. The second kappa shape index (κ2) is 3.59. The maximum Gasteiger partial charge on any atom is 0.162 e. The molecule has 2 rings (SSSR count). The standard InChI is InChI=1S/C11H15N5/c1-11(2,3)10-13-14-15-16(10)9-7-5-4-6-8(9)12/h4-7H,12H2,1-3H3. The van der Waals surface area contributed by atoms with E-state index in [9.17, 15) is 0 Å². The second-order valence-electron chi connectivity index (χ2n) is 4.72. The summed E-state index contributed by atoms with van der Waals surface area (Å²) in [7, 11) is 0. The Kier molecular flexibility index (Phi) is 2.38. The van der Waals surface area contributed by atoms with Crippen LogP contribution in [0.25, 0.3) is 5.69 Å². The highest BCUT2D eigenvalue weighted by molar-refractivity contribution is 5.57. The minimum absolute atomic E-state index is 0.119. The second-order valence-corrected chi connectivity index (χ2v) is 4.72. The van der Waals surface area contributed by atoms with Crippen molar-refractivity contribution in [2.45, 2.75) is 26.2 Å². The summed E-state index contributed by atoms with van der Waals surface area (Å²) in [6, 6.07) is 7.55. The van der Waals surface area contributed by atoms with E-state index in [1.165, 1.54) is 0 Å². The SMILES string of the molecule is CC(C)(C)c1nnnn1-c1ccccc1N. The van der Waals surface area contributed by atoms with E-state index < -0.39 is 0 Å². The summed E-state index contributed by atoms with van der Waals surface area (Å²) in [5.74, 6) is 0.797. The molecule has 1 aromatic heterocycles. The molecule has 0 aliphatic heterocycles. The van der Waals surface area contributed by atoms with Gasteiger partial charge in [0, 0.05) is 5.41 Å². The van der Waals surface area contributed by atoms with Crippen LogP contribution >= 0.6 is 0 Å². The van der Waals surface area contributed by atoms with Crippen molar-refractivity contribution in [3.8, 4) is 5.69 Å². The number of benzene rings is 1. The highest BCUT2D eigenvalue weighted by atomic mass is 15.5. The third kappa shape index (κ3) is 1.76. The Morgan fingerprint density at radius 3 is 2.50 bits per heavy atom. The van der Waals surface area contributed by atoms with E-state index in [2.05, 4.69) is 36.3 Å². The average Bonchev–Trinajstić information content (AvgIpc) is 2.66. The minimum Gasteiger partial charge on any atom is -0.397 e. The molecule has 0 aliphatic rings. The van der Waals surface area contributed by atoms with Crippen LogP contribution in [0, 0.1) is 0 Å². The van der Waals surface area contributed by atoms with Crippen LogP contribution in [0.2, 0.25) is 0 Å². The first kappa shape index (κ1) is 10.6. The van der Waals surface area contributed by atoms with Crippen molar-refractivity contribution < 1.29 is 0 Å². The number of nitrogen functional groups attached to an aromatic ring is 1. The van der Waals surface area contributed by atoms with Gasteiger partial charge >= 0.3 is 0 Å². The van der Waals surface area contributed by atoms with Crippen molar-refractivity contribution in [3.63, 3.8) is 0 Å². The smallest absolute Gasteiger partial charge is 0.162 e. The first-order valence-corrected chi connectivity index (χ1v) is 5.14. The normalized spacial score (nSPS) is 11.7. The third-order valence-electron chi connectivity index (χ3n) is 2.31. The molecular formula is C11H15N5. The lowest BCUT2D eigenvalue weighted by molar-refractivity contribution is 0.526. The Morgan fingerprint density at radius 2 is 1.88 bits per heavy atom. The zero-order chi connectivity index (χ0) is 11.8. The number of tetrazole rings is 1. The monoisotopic (exact) mass is 217 g/mol. The topological polar surface area (TPSA) is 69.6 Å². The van der Waals surface area contributed by atoms with Crippen LogP contribution in [-0.4, -0.2) is 20.2 Å². The van der Waals surface area contributed by atoms with Crippen LogP contribution in [0.3, 0.4) is 0 Å². The number of hydrogen-bond donors (Lipinski definition) is 1. The molecular weight excluding hydrogens is 202 g/mol. The quantitative estimate of drug-likeness (QED) is 0.736. The summed E-state index contributed by atoms with van der Waals surface area (Å²) in [6.45, 7) is 6.19. The van der Waals surface area contributed by atoms with Gasteiger partial charge in [0.05, 0.1) is 11.4 Å². The lowest BCUT2D eigenvalue weighted by atomic mass is 9.95. The molecule has 0 unspecified atom stereocenters. The van der Waals surface area contributed by atoms with Crippen molar-refractivity contribution in [3.05, 3.63) is 30.1 Å². The van der Waals surface area contributed by atoms with E-state index in [4.69, 9.17) is 5.73 Å². The van der Waals surface area contributed by atoms with Gasteiger partial charge < -0.3 is 5.73 Å². The largest absolute Gasteiger partial charge is 0.397 e. The lowest BCUT2D eigenvalue weighted by Gasteiger charge is -2.17. The van der Waals surface area contributed by atoms with Gasteiger partial charge in [0.15, 0.2) is 5.82 Å². The van der Waals surface area contributed by atoms with Crippen LogP contribution in [0.15, 0.2) is 24.3 Å². The molecule has 1 heterocycles. The maximum absolute atomic E-state index is 5.91. The average molecular weight is 217 g/mol. The molecule has 0 aliphatic carbocycles. The predicted molar refractivity (Wildman–Crippen MR) is 62.3 cm³/mol. The van der Waals surface area contributed by atoms with Crippen molar-refractivity contribution >= 4 is 5.69 Å². The third-order valence-corrected chi connectivity index (χ3v) is 2.31. The molecule has 0 saturated heterocycles. The van der Waals surface area contributed by atoms with Crippen LogP contribution in [0.1, 0.15) is 26.6 Å². The van der Waals surface area contributed by atoms with Gasteiger partial charge in [-0.05, 0) is 22.6 Å². The number of hydrogen-bond acceptors (Lipinski definition) is 4. The summed E-state index contributed by atoms with van der Waals surface area (Å²) in [5, 5.41) is 11.8. The summed E-state index contributed by atoms with van der Waals surface area (Å²) in [4.78, 5) is 0. The molecule has 0 bridgehead atoms. The highest BCUT2D eigenvalue weighted by Gasteiger charge is 2.23. The number of nitrogens with zero attached hydrogens (tertiary/aromatic N) is 4. The Morgan fingerprint density at radius 1 is 1.19 bits per heavy atom. The van der Waals surface area contributed by atoms with Gasteiger partial charge in [-0.25, -0.2) is 0 Å². The van der Waals surface area contributed by atoms with Gasteiger partial charge in [0.25, 0.3) is 0 Å². The number of aromatic nitrogens is 4. The Labute approximate surface area is 94.3 Å². The van der Waals surface area contributed by atoms with Crippen molar-refractivity contribution in [2.75, 3.05) is 5.73 Å². The molecule has 84 valence electrons. The summed E-state index contributed by atoms with van der Waals surface area (Å²) in [5.41, 5.74) is 7.27. The molecule has 0 saturated carbocycles. The first-order chi connectivity index (χ1) is 7.50. The molecule has 0 radical (unpaired) electrons. The lowest BCUT2D eigenvalue weighted by Crippen LogP contribution is -2.19. The highest BCUT2D eigenvalue weighted by Crippen LogP contribution is 2.23. The van der Waals surface area contributed by atoms with Crippen LogP contribution in [0.4, 0.5) is 5.69 Å². The van der Waals surface area contributed by atoms with Crippen molar-refractivity contribution in [1.82, 2.24) is 20.2 Å². The first-order valence-electron chi connectivity index (χ1n) is 5.14. The van der Waals surface area contributed by atoms with Gasteiger partial charge in [-0.2, -0.15) is 4.68 Å². The molecule has 1 aromatic carbocycles. The number of anilines is 1. The van der Waals surface area contributed by atoms with Crippen LogP contribution in [0.5, 0.6) is 0 Å². The number of nitrogens with two attached hydrogens (primary N) is 1. The molecule has 0 amide bonds. The fourth-order valence-electron chi connectivity index (χ4n) is 1.50. The van der Waals surface area contributed by atoms with Gasteiger partial charge in [-0.1, -0.05) is 32.9 Å². The Hall–Kier alpha value is -1.91. The van der Waals surface area contributed by atoms with E-state index >= 15 is 0 Å². The van der Waals surface area contributed by atoms with Gasteiger partial charge in [-0.3, -0.25) is 0 Å². The zero-order valence-electron chi connectivity index (χ0n) is 9.68. The van der Waals surface area contributed by atoms with E-state index in [1.54, 1.807) is 4.68 Å². The van der Waals surface area contributed by atoms with Gasteiger partial charge in [0.1, 0.15) is 0 Å². The van der Waals surface area contributed by atoms with E-state index in [0.29, 0.717) is 5.69 Å². The molecule has 0 atom stereocenters. The number of para-hydroxylation sites is 2. The molecule has 16 heavy (non-hydrogen) atoms. The predicted octanol–water partition coefficient (Wildman–Crippen LogP) is 1.54. The van der Waals surface area contributed by atoms with Gasteiger partial charge in [-0.15, -0.1) is 5.10 Å². The van der Waals surface area contributed by atoms with Crippen molar-refractivity contribution in [1.29, 1.82) is 0 Å². The van der Waals surface area contributed by atoms with E-state index in [-0.39, 0.29) is 5.41 Å². The molecule has 2 aromatic rings. The van der Waals surface area contributed by atoms with Crippen LogP contribution in [-0.2, 0) is 5.41 Å². The van der Waals surface area contributed by atoms with E-state index in [0.717, 1.165) is 11.5 Å². The molecule has 0 spiro atoms. The summed E-state index contributed by atoms with van der Waals surface area (Å²) in [6.07, 6.45) is 0. The molecule has 2 N–H and O–H groups in total. The molecule has 5 heteroatoms. The van der Waals surface area contributed by atoms with Crippen molar-refractivity contribution in [2.24, 2.45) is 0 Å². The minimum atomic E-state index is -0.119. The molecule has 5 nitrogen and oxygen atoms in total. The summed E-state index contributed by atoms with van der Waals surface area (Å²) >= 11 is 0. The fraction of sp³-hybridized carbons (Fsp3) is 0.364. The zero-order valence-corrected chi connectivity index (χ0v) is 9.68.